The minimum Gasteiger partial charge on any atom is -0.481 e. The SMILES string of the molecule is Fc1ccc2nccc(-c3cc(Cl)cc4c3OC(c3onc5c3CNCC5)C4)c2c1. The van der Waals surface area contributed by atoms with Gasteiger partial charge in [-0.25, -0.2) is 4.39 Å². The molecule has 2 aliphatic rings. The van der Waals surface area contributed by atoms with E-state index in [9.17, 15) is 4.39 Å². The molecular weight excluding hydrogens is 405 g/mol. The molecular formula is C23H17ClFN3O2. The zero-order valence-corrected chi connectivity index (χ0v) is 16.7. The van der Waals surface area contributed by atoms with Crippen LogP contribution in [0.2, 0.25) is 5.02 Å². The number of fused-ring (bicyclic) bond motifs is 3. The molecule has 1 atom stereocenters. The molecule has 0 bridgehead atoms. The number of ether oxygens (including phenoxy) is 1. The van der Waals surface area contributed by atoms with Crippen molar-refractivity contribution >= 4 is 22.5 Å². The lowest BCUT2D eigenvalue weighted by molar-refractivity contribution is 0.189. The Morgan fingerprint density at radius 1 is 1.13 bits per heavy atom. The highest BCUT2D eigenvalue weighted by atomic mass is 35.5. The van der Waals surface area contributed by atoms with Crippen molar-refractivity contribution in [3.8, 4) is 16.9 Å². The summed E-state index contributed by atoms with van der Waals surface area (Å²) in [6, 6.07) is 10.2. The first-order valence-corrected chi connectivity index (χ1v) is 10.3. The molecule has 0 spiro atoms. The van der Waals surface area contributed by atoms with Crippen molar-refractivity contribution in [2.24, 2.45) is 0 Å². The summed E-state index contributed by atoms with van der Waals surface area (Å²) >= 11 is 6.46. The van der Waals surface area contributed by atoms with Gasteiger partial charge in [-0.05, 0) is 42.0 Å². The predicted octanol–water partition coefficient (Wildman–Crippen LogP) is 5.00. The summed E-state index contributed by atoms with van der Waals surface area (Å²) in [6.45, 7) is 1.63. The number of pyridine rings is 1. The first-order valence-electron chi connectivity index (χ1n) is 9.89. The van der Waals surface area contributed by atoms with Gasteiger partial charge in [-0.3, -0.25) is 4.98 Å². The van der Waals surface area contributed by atoms with Gasteiger partial charge in [0.2, 0.25) is 0 Å². The molecule has 150 valence electrons. The lowest BCUT2D eigenvalue weighted by Crippen LogP contribution is -2.24. The molecule has 0 saturated heterocycles. The summed E-state index contributed by atoms with van der Waals surface area (Å²) in [4.78, 5) is 4.36. The normalized spacial score (nSPS) is 17.6. The monoisotopic (exact) mass is 421 g/mol. The highest BCUT2D eigenvalue weighted by Crippen LogP contribution is 2.47. The molecule has 1 unspecified atom stereocenters. The summed E-state index contributed by atoms with van der Waals surface area (Å²) in [5, 5.41) is 8.93. The van der Waals surface area contributed by atoms with E-state index >= 15 is 0 Å². The molecule has 4 aromatic rings. The highest BCUT2D eigenvalue weighted by molar-refractivity contribution is 6.31. The maximum absolute atomic E-state index is 14.0. The van der Waals surface area contributed by atoms with Gasteiger partial charge in [0.05, 0.1) is 11.2 Å². The third kappa shape index (κ3) is 2.79. The average molecular weight is 422 g/mol. The molecule has 1 N–H and O–H groups in total. The summed E-state index contributed by atoms with van der Waals surface area (Å²) in [6.07, 6.45) is 2.94. The Morgan fingerprint density at radius 2 is 2.07 bits per heavy atom. The molecule has 5 nitrogen and oxygen atoms in total. The van der Waals surface area contributed by atoms with Crippen LogP contribution in [0.4, 0.5) is 4.39 Å². The van der Waals surface area contributed by atoms with Crippen LogP contribution >= 0.6 is 11.6 Å². The quantitative estimate of drug-likeness (QED) is 0.493. The van der Waals surface area contributed by atoms with Gasteiger partial charge in [0, 0.05) is 59.2 Å². The van der Waals surface area contributed by atoms with Crippen molar-refractivity contribution in [2.45, 2.75) is 25.5 Å². The third-order valence-corrected chi connectivity index (χ3v) is 6.04. The predicted molar refractivity (Wildman–Crippen MR) is 111 cm³/mol. The number of hydrogen-bond acceptors (Lipinski definition) is 5. The van der Waals surface area contributed by atoms with Crippen LogP contribution in [0.3, 0.4) is 0 Å². The number of aromatic nitrogens is 2. The second kappa shape index (κ2) is 6.79. The highest BCUT2D eigenvalue weighted by Gasteiger charge is 2.34. The van der Waals surface area contributed by atoms with Gasteiger partial charge in [-0.1, -0.05) is 16.8 Å². The van der Waals surface area contributed by atoms with E-state index < -0.39 is 0 Å². The molecule has 2 aliphatic heterocycles. The number of halogens is 2. The second-order valence-corrected chi connectivity index (χ2v) is 8.11. The van der Waals surface area contributed by atoms with Crippen LogP contribution in [-0.4, -0.2) is 16.7 Å². The van der Waals surface area contributed by atoms with Gasteiger partial charge in [-0.15, -0.1) is 0 Å². The van der Waals surface area contributed by atoms with Crippen LogP contribution in [0.1, 0.15) is 28.7 Å². The van der Waals surface area contributed by atoms with Crippen molar-refractivity contribution in [3.05, 3.63) is 76.0 Å². The molecule has 4 heterocycles. The number of benzene rings is 2. The summed E-state index contributed by atoms with van der Waals surface area (Å²) in [7, 11) is 0. The van der Waals surface area contributed by atoms with Gasteiger partial charge in [0.1, 0.15) is 11.6 Å². The van der Waals surface area contributed by atoms with Crippen LogP contribution in [0.25, 0.3) is 22.0 Å². The molecule has 0 amide bonds. The molecule has 2 aromatic heterocycles. The molecule has 6 rings (SSSR count). The fourth-order valence-electron chi connectivity index (χ4n) is 4.44. The molecule has 30 heavy (non-hydrogen) atoms. The fourth-order valence-corrected chi connectivity index (χ4v) is 4.68. The lowest BCUT2D eigenvalue weighted by atomic mass is 9.97. The van der Waals surface area contributed by atoms with Crippen molar-refractivity contribution < 1.29 is 13.7 Å². The van der Waals surface area contributed by atoms with Crippen LogP contribution in [0.15, 0.2) is 47.1 Å². The molecule has 2 aromatic carbocycles. The van der Waals surface area contributed by atoms with E-state index in [2.05, 4.69) is 15.5 Å². The van der Waals surface area contributed by atoms with Crippen LogP contribution in [0.5, 0.6) is 5.75 Å². The first kappa shape index (κ1) is 17.9. The van der Waals surface area contributed by atoms with E-state index in [0.29, 0.717) is 17.0 Å². The van der Waals surface area contributed by atoms with E-state index in [-0.39, 0.29) is 11.9 Å². The third-order valence-electron chi connectivity index (χ3n) is 5.82. The van der Waals surface area contributed by atoms with E-state index in [0.717, 1.165) is 64.4 Å². The average Bonchev–Trinajstić information content (AvgIpc) is 3.36. The summed E-state index contributed by atoms with van der Waals surface area (Å²) in [5.74, 6) is 1.20. The molecule has 0 aliphatic carbocycles. The topological polar surface area (TPSA) is 60.2 Å². The Labute approximate surface area is 176 Å². The van der Waals surface area contributed by atoms with Gasteiger partial charge < -0.3 is 14.6 Å². The minimum absolute atomic E-state index is 0.266. The minimum atomic E-state index is -0.310. The number of rotatable bonds is 2. The number of hydrogen-bond donors (Lipinski definition) is 1. The van der Waals surface area contributed by atoms with Crippen molar-refractivity contribution in [1.29, 1.82) is 0 Å². The maximum atomic E-state index is 14.0. The van der Waals surface area contributed by atoms with Crippen LogP contribution < -0.4 is 10.1 Å². The first-order chi connectivity index (χ1) is 14.7. The number of nitrogens with zero attached hydrogens (tertiary/aromatic N) is 2. The largest absolute Gasteiger partial charge is 0.481 e. The fraction of sp³-hybridized carbons (Fsp3) is 0.217. The van der Waals surface area contributed by atoms with Gasteiger partial charge in [0.25, 0.3) is 0 Å². The van der Waals surface area contributed by atoms with E-state index in [4.69, 9.17) is 20.9 Å². The van der Waals surface area contributed by atoms with Gasteiger partial charge in [-0.2, -0.15) is 0 Å². The van der Waals surface area contributed by atoms with E-state index in [1.807, 2.05) is 18.2 Å². The van der Waals surface area contributed by atoms with E-state index in [1.165, 1.54) is 12.1 Å². The van der Waals surface area contributed by atoms with Gasteiger partial charge in [0.15, 0.2) is 11.9 Å². The van der Waals surface area contributed by atoms with Gasteiger partial charge >= 0.3 is 0 Å². The molecule has 0 radical (unpaired) electrons. The van der Waals surface area contributed by atoms with Crippen LogP contribution in [-0.2, 0) is 19.4 Å². The van der Waals surface area contributed by atoms with Crippen molar-refractivity contribution in [1.82, 2.24) is 15.5 Å². The number of nitrogens with one attached hydrogen (secondary N) is 1. The van der Waals surface area contributed by atoms with Crippen molar-refractivity contribution in [2.75, 3.05) is 6.54 Å². The summed E-state index contributed by atoms with van der Waals surface area (Å²) < 4.78 is 26.1. The van der Waals surface area contributed by atoms with Crippen LogP contribution in [0, 0.1) is 5.82 Å². The van der Waals surface area contributed by atoms with E-state index in [1.54, 1.807) is 12.3 Å². The van der Waals surface area contributed by atoms with Crippen molar-refractivity contribution in [3.63, 3.8) is 0 Å². The maximum Gasteiger partial charge on any atom is 0.182 e. The Balaban J connectivity index is 1.47. The summed E-state index contributed by atoms with van der Waals surface area (Å²) in [5.41, 5.74) is 5.45. The standard InChI is InChI=1S/C23H17ClFN3O2/c24-13-7-12-8-21(23-18-11-26-5-4-20(18)28-30-23)29-22(12)17(9-13)15-3-6-27-19-2-1-14(25)10-16(15)19/h1-3,6-7,9-10,21,26H,4-5,8,11H2. The smallest absolute Gasteiger partial charge is 0.182 e. The lowest BCUT2D eigenvalue weighted by Gasteiger charge is -2.15. The molecule has 0 fully saturated rings. The Kier molecular flexibility index (Phi) is 4.04. The Bertz CT molecular complexity index is 1300. The zero-order chi connectivity index (χ0) is 20.2. The Morgan fingerprint density at radius 3 is 3.00 bits per heavy atom. The molecule has 7 heteroatoms. The molecule has 0 saturated carbocycles. The Hall–Kier alpha value is -2.96. The zero-order valence-electron chi connectivity index (χ0n) is 15.9. The second-order valence-electron chi connectivity index (χ2n) is 7.67.